The molecule has 0 saturated carbocycles. The highest BCUT2D eigenvalue weighted by Gasteiger charge is 2.38. The number of rotatable bonds is 4. The van der Waals surface area contributed by atoms with Gasteiger partial charge in [0.15, 0.2) is 5.82 Å². The molecule has 4 aliphatic rings. The molecule has 1 unspecified atom stereocenters. The van der Waals surface area contributed by atoms with Crippen LogP contribution < -0.4 is 0 Å². The number of fused-ring (bicyclic) bond motifs is 10. The number of allylic oxidation sites excluding steroid dienone is 8. The molecule has 0 fully saturated rings. The summed E-state index contributed by atoms with van der Waals surface area (Å²) in [6.07, 6.45) is 14.9. The van der Waals surface area contributed by atoms with Gasteiger partial charge in [-0.3, -0.25) is 0 Å². The summed E-state index contributed by atoms with van der Waals surface area (Å²) in [5.41, 5.74) is 19.0. The van der Waals surface area contributed by atoms with Crippen molar-refractivity contribution in [3.05, 3.63) is 198 Å². The molecule has 1 atom stereocenters. The Morgan fingerprint density at radius 2 is 1.33 bits per heavy atom. The van der Waals surface area contributed by atoms with E-state index >= 15 is 0 Å². The Labute approximate surface area is 357 Å². The summed E-state index contributed by atoms with van der Waals surface area (Å²) in [4.78, 5) is 10.8. The van der Waals surface area contributed by atoms with Crippen LogP contribution in [-0.4, -0.2) is 14.5 Å². The lowest BCUT2D eigenvalue weighted by Crippen LogP contribution is -2.33. The van der Waals surface area contributed by atoms with Crippen molar-refractivity contribution in [3.63, 3.8) is 0 Å². The third-order valence-corrected chi connectivity index (χ3v) is 14.3. The lowest BCUT2D eigenvalue weighted by Gasteiger charge is -2.42. The van der Waals surface area contributed by atoms with Crippen LogP contribution in [0.2, 0.25) is 0 Å². The molecular weight excluding hydrogens is 739 g/mol. The molecule has 8 aromatic rings. The highest BCUT2D eigenvalue weighted by molar-refractivity contribution is 6.22. The Balaban J connectivity index is 1.00. The second kappa shape index (κ2) is 13.1. The Hall–Kier alpha value is -6.84. The molecule has 0 N–H and O–H groups in total. The molecular formula is C58H47N3. The normalized spacial score (nSPS) is 18.3. The highest BCUT2D eigenvalue weighted by Crippen LogP contribution is 2.51. The van der Waals surface area contributed by atoms with Gasteiger partial charge in [0.1, 0.15) is 0 Å². The average Bonchev–Trinajstić information content (AvgIpc) is 3.78. The van der Waals surface area contributed by atoms with Crippen molar-refractivity contribution in [1.82, 2.24) is 14.5 Å². The van der Waals surface area contributed by atoms with Gasteiger partial charge in [-0.2, -0.15) is 0 Å². The molecule has 61 heavy (non-hydrogen) atoms. The van der Waals surface area contributed by atoms with Crippen LogP contribution in [0, 0.1) is 5.92 Å². The average molecular weight is 786 g/mol. The Bertz CT molecular complexity index is 3340. The van der Waals surface area contributed by atoms with Gasteiger partial charge in [-0.05, 0) is 116 Å². The lowest BCUT2D eigenvalue weighted by molar-refractivity contribution is 0.332. The van der Waals surface area contributed by atoms with E-state index in [0.717, 1.165) is 62.6 Å². The van der Waals surface area contributed by atoms with Crippen LogP contribution in [0.3, 0.4) is 0 Å². The maximum absolute atomic E-state index is 5.41. The first-order valence-electron chi connectivity index (χ1n) is 21.8. The molecule has 0 aliphatic heterocycles. The van der Waals surface area contributed by atoms with Crippen LogP contribution >= 0.6 is 0 Å². The molecule has 3 heteroatoms. The van der Waals surface area contributed by atoms with Crippen LogP contribution in [0.5, 0.6) is 0 Å². The van der Waals surface area contributed by atoms with Crippen molar-refractivity contribution in [2.45, 2.75) is 57.8 Å². The van der Waals surface area contributed by atoms with E-state index in [1.165, 1.54) is 73.4 Å². The molecule has 12 rings (SSSR count). The molecule has 4 aliphatic carbocycles. The first kappa shape index (κ1) is 36.0. The minimum atomic E-state index is 0.114. The predicted octanol–water partition coefficient (Wildman–Crippen LogP) is 14.9. The Morgan fingerprint density at radius 3 is 2.16 bits per heavy atom. The fraction of sp³-hybridized carbons (Fsp3) is 0.172. The van der Waals surface area contributed by atoms with E-state index < -0.39 is 0 Å². The van der Waals surface area contributed by atoms with E-state index in [-0.39, 0.29) is 16.7 Å². The maximum Gasteiger partial charge on any atom is 0.160 e. The molecule has 2 heterocycles. The van der Waals surface area contributed by atoms with Gasteiger partial charge in [0.05, 0.1) is 22.4 Å². The first-order valence-corrected chi connectivity index (χ1v) is 21.8. The van der Waals surface area contributed by atoms with Crippen molar-refractivity contribution >= 4 is 49.4 Å². The fourth-order valence-corrected chi connectivity index (χ4v) is 10.8. The zero-order chi connectivity index (χ0) is 41.2. The molecule has 0 amide bonds. The zero-order valence-electron chi connectivity index (χ0n) is 35.3. The number of aromatic nitrogens is 3. The first-order chi connectivity index (χ1) is 29.6. The largest absolute Gasteiger partial charge is 0.313 e. The predicted molar refractivity (Wildman–Crippen MR) is 256 cm³/mol. The standard InChI is InChI=1S/C58H47N3/c1-35-44-19-11-12-21-46(44)55-52(35)54(41-18-13-17-38(30-41)36-14-7-6-8-15-36)59-56(60-55)42-23-22-40-32-43(26-24-39(40)31-42)61-50-27-25-37-16-9-10-20-45(37)53(50)47-33-48-49(34-51(47)61)58(4,5)29-28-57(48,2)3/h6-27,30-31,33-34,40H,1,28-29,32H2,2-5H3. The van der Waals surface area contributed by atoms with E-state index in [1.54, 1.807) is 0 Å². The van der Waals surface area contributed by atoms with Gasteiger partial charge in [-0.15, -0.1) is 0 Å². The van der Waals surface area contributed by atoms with Crippen molar-refractivity contribution in [1.29, 1.82) is 0 Å². The second-order valence-corrected chi connectivity index (χ2v) is 18.9. The third kappa shape index (κ3) is 5.49. The Kier molecular flexibility index (Phi) is 7.73. The van der Waals surface area contributed by atoms with Gasteiger partial charge < -0.3 is 4.57 Å². The van der Waals surface area contributed by atoms with Gasteiger partial charge in [-0.25, -0.2) is 9.97 Å². The van der Waals surface area contributed by atoms with E-state index in [4.69, 9.17) is 9.97 Å². The van der Waals surface area contributed by atoms with Gasteiger partial charge in [0.2, 0.25) is 0 Å². The second-order valence-electron chi connectivity index (χ2n) is 18.9. The summed E-state index contributed by atoms with van der Waals surface area (Å²) >= 11 is 0. The molecule has 0 bridgehead atoms. The third-order valence-electron chi connectivity index (χ3n) is 14.3. The molecule has 2 aromatic heterocycles. The maximum atomic E-state index is 5.41. The molecule has 0 radical (unpaired) electrons. The van der Waals surface area contributed by atoms with Crippen LogP contribution in [0.4, 0.5) is 0 Å². The zero-order valence-corrected chi connectivity index (χ0v) is 35.3. The lowest BCUT2D eigenvalue weighted by atomic mass is 9.63. The summed E-state index contributed by atoms with van der Waals surface area (Å²) in [5.74, 6) is 0.972. The van der Waals surface area contributed by atoms with Gasteiger partial charge in [0.25, 0.3) is 0 Å². The molecule has 6 aromatic carbocycles. The van der Waals surface area contributed by atoms with Crippen LogP contribution in [0.25, 0.3) is 83.1 Å². The van der Waals surface area contributed by atoms with Gasteiger partial charge >= 0.3 is 0 Å². The van der Waals surface area contributed by atoms with Crippen LogP contribution in [-0.2, 0) is 10.8 Å². The molecule has 0 spiro atoms. The van der Waals surface area contributed by atoms with Crippen LogP contribution in [0.1, 0.15) is 75.0 Å². The molecule has 0 saturated heterocycles. The SMILES string of the molecule is C=C1c2ccccc2-c2nc(C3=CC4=CC=C(n5c6cc7c(cc6c6c8ccccc8ccc65)C(C)(C)CCC7(C)C)CC4C=C3)nc(-c3cccc(-c4ccccc4)c3)c21. The molecule has 3 nitrogen and oxygen atoms in total. The monoisotopic (exact) mass is 785 g/mol. The minimum absolute atomic E-state index is 0.114. The fourth-order valence-electron chi connectivity index (χ4n) is 10.8. The van der Waals surface area contributed by atoms with Crippen molar-refractivity contribution < 1.29 is 0 Å². The summed E-state index contributed by atoms with van der Waals surface area (Å²) in [5, 5.41) is 5.32. The highest BCUT2D eigenvalue weighted by atomic mass is 15.0. The van der Waals surface area contributed by atoms with Crippen LogP contribution in [0.15, 0.2) is 170 Å². The van der Waals surface area contributed by atoms with Gasteiger partial charge in [0, 0.05) is 44.7 Å². The van der Waals surface area contributed by atoms with Crippen molar-refractivity contribution in [2.24, 2.45) is 5.92 Å². The summed E-state index contributed by atoms with van der Waals surface area (Å²) in [6.45, 7) is 14.3. The summed E-state index contributed by atoms with van der Waals surface area (Å²) in [6, 6.07) is 46.5. The smallest absolute Gasteiger partial charge is 0.160 e. The number of nitrogens with zero attached hydrogens (tertiary/aromatic N) is 3. The number of hydrogen-bond donors (Lipinski definition) is 0. The molecule has 294 valence electrons. The van der Waals surface area contributed by atoms with Crippen molar-refractivity contribution in [2.75, 3.05) is 0 Å². The number of benzene rings is 6. The van der Waals surface area contributed by atoms with E-state index in [2.05, 4.69) is 197 Å². The van der Waals surface area contributed by atoms with Crippen molar-refractivity contribution in [3.8, 4) is 33.6 Å². The topological polar surface area (TPSA) is 30.7 Å². The van der Waals surface area contributed by atoms with Gasteiger partial charge in [-0.1, -0.05) is 156 Å². The summed E-state index contributed by atoms with van der Waals surface area (Å²) in [7, 11) is 0. The minimum Gasteiger partial charge on any atom is -0.313 e. The Morgan fingerprint density at radius 1 is 0.623 bits per heavy atom. The van der Waals surface area contributed by atoms with E-state index in [1.807, 2.05) is 0 Å². The quantitative estimate of drug-likeness (QED) is 0.178. The van der Waals surface area contributed by atoms with E-state index in [0.29, 0.717) is 0 Å². The number of hydrogen-bond acceptors (Lipinski definition) is 2. The van der Waals surface area contributed by atoms with E-state index in [9.17, 15) is 0 Å². The summed E-state index contributed by atoms with van der Waals surface area (Å²) < 4.78 is 2.58.